The van der Waals surface area contributed by atoms with E-state index in [-0.39, 0.29) is 12.5 Å². The van der Waals surface area contributed by atoms with Crippen LogP contribution in [0, 0.1) is 5.92 Å². The van der Waals surface area contributed by atoms with E-state index >= 15 is 0 Å². The van der Waals surface area contributed by atoms with Crippen LogP contribution in [0.25, 0.3) is 0 Å². The summed E-state index contributed by atoms with van der Waals surface area (Å²) in [6.45, 7) is 25.7. The Kier molecular flexibility index (Phi) is 100.0. The van der Waals surface area contributed by atoms with Crippen LogP contribution < -0.4 is 0 Å². The molecule has 0 heterocycles. The van der Waals surface area contributed by atoms with E-state index in [1.165, 1.54) is 135 Å². The first kappa shape index (κ1) is 65.1. The van der Waals surface area contributed by atoms with Gasteiger partial charge in [0.2, 0.25) is 0 Å². The van der Waals surface area contributed by atoms with Gasteiger partial charge in [-0.25, -0.2) is 0 Å². The Labute approximate surface area is 324 Å². The minimum Gasteiger partial charge on any atom is -0.395 e. The minimum absolute atomic E-state index is 0.275. The third kappa shape index (κ3) is 99.4. The molecule has 6 nitrogen and oxygen atoms in total. The normalized spacial score (nSPS) is 10.1. The van der Waals surface area contributed by atoms with Crippen molar-refractivity contribution in [2.75, 3.05) is 54.2 Å². The van der Waals surface area contributed by atoms with Gasteiger partial charge in [0, 0.05) is 46.8 Å². The van der Waals surface area contributed by atoms with Crippen molar-refractivity contribution in [1.29, 1.82) is 0 Å². The van der Waals surface area contributed by atoms with Crippen LogP contribution in [0.5, 0.6) is 0 Å². The third-order valence-corrected chi connectivity index (χ3v) is 7.74. The fourth-order valence-corrected chi connectivity index (χ4v) is 4.14. The van der Waals surface area contributed by atoms with Gasteiger partial charge in [-0.15, -0.1) is 0 Å². The highest BCUT2D eigenvalue weighted by atomic mass is 16.5. The standard InChI is InChI=1S/C15H33NO2.C10H20O.C8H16O.2C4H10.C2H6O.C2H6/c1-3-4-5-8-11-16(13-14-17)12-9-6-7-10-15-18-2;1-3-4-5-6-7-8-10(2)9-11;1-2-3-4-5-6-7-8-9;2*1-3-4-2;1-3-2;1-2/h17H,3-15H2,1-2H3;9-10H,3-8H2,1-2H3;8H,2-7H2,1H3;2*3-4H2,1-2H3;1-2H3;1-2H3. The van der Waals surface area contributed by atoms with Crippen molar-refractivity contribution in [3.8, 4) is 0 Å². The molecule has 0 aromatic rings. The van der Waals surface area contributed by atoms with Crippen LogP contribution >= 0.6 is 0 Å². The smallest absolute Gasteiger partial charge is 0.122 e. The highest BCUT2D eigenvalue weighted by Crippen LogP contribution is 2.09. The quantitative estimate of drug-likeness (QED) is 0.0609. The molecule has 0 aromatic carbocycles. The molecule has 0 saturated carbocycles. The van der Waals surface area contributed by atoms with E-state index in [2.05, 4.69) is 58.1 Å². The maximum atomic E-state index is 10.2. The predicted octanol–water partition coefficient (Wildman–Crippen LogP) is 13.7. The van der Waals surface area contributed by atoms with Gasteiger partial charge in [0.05, 0.1) is 6.61 Å². The van der Waals surface area contributed by atoms with Gasteiger partial charge in [-0.05, 0) is 45.2 Å². The molecule has 1 N–H and O–H groups in total. The van der Waals surface area contributed by atoms with Crippen molar-refractivity contribution in [1.82, 2.24) is 4.90 Å². The number of rotatable bonds is 29. The largest absolute Gasteiger partial charge is 0.395 e. The molecular weight excluding hydrogens is 634 g/mol. The van der Waals surface area contributed by atoms with Gasteiger partial charge in [0.25, 0.3) is 0 Å². The molecule has 0 radical (unpaired) electrons. The molecule has 0 amide bonds. The molecule has 0 saturated heterocycles. The zero-order valence-electron chi connectivity index (χ0n) is 37.8. The van der Waals surface area contributed by atoms with Crippen molar-refractivity contribution in [3.63, 3.8) is 0 Å². The van der Waals surface area contributed by atoms with Gasteiger partial charge < -0.3 is 29.1 Å². The van der Waals surface area contributed by atoms with Crippen molar-refractivity contribution in [2.45, 2.75) is 223 Å². The van der Waals surface area contributed by atoms with E-state index in [0.717, 1.165) is 58.1 Å². The molecule has 0 bridgehead atoms. The number of carbonyl (C=O) groups is 2. The molecule has 0 aliphatic rings. The first-order chi connectivity index (χ1) is 24.8. The molecule has 51 heavy (non-hydrogen) atoms. The van der Waals surface area contributed by atoms with E-state index in [0.29, 0.717) is 0 Å². The Bertz CT molecular complexity index is 485. The summed E-state index contributed by atoms with van der Waals surface area (Å²) >= 11 is 0. The average molecular weight is 736 g/mol. The first-order valence-electron chi connectivity index (χ1n) is 21.9. The number of ether oxygens (including phenoxy) is 2. The minimum atomic E-state index is 0.275. The van der Waals surface area contributed by atoms with Gasteiger partial charge in [-0.2, -0.15) is 0 Å². The van der Waals surface area contributed by atoms with Gasteiger partial charge >= 0.3 is 0 Å². The molecule has 1 unspecified atom stereocenters. The summed E-state index contributed by atoms with van der Waals surface area (Å²) in [6.07, 6.45) is 32.1. The molecule has 1 atom stereocenters. The fraction of sp³-hybridized carbons (Fsp3) is 0.956. The second-order valence-electron chi connectivity index (χ2n) is 13.1. The number of aliphatic hydroxyl groups excluding tert-OH is 1. The SMILES string of the molecule is CC.CCCC.CCCC.CCCCCCCC(C)C=O.CCCCCCCC=O.CCCCCCN(CCO)CCCCCCOC.COC. The van der Waals surface area contributed by atoms with Crippen molar-refractivity contribution in [3.05, 3.63) is 0 Å². The summed E-state index contributed by atoms with van der Waals surface area (Å²) < 4.78 is 9.29. The zero-order chi connectivity index (χ0) is 40.5. The fourth-order valence-electron chi connectivity index (χ4n) is 4.14. The molecule has 6 heteroatoms. The van der Waals surface area contributed by atoms with E-state index in [4.69, 9.17) is 9.84 Å². The summed E-state index contributed by atoms with van der Waals surface area (Å²) in [6, 6.07) is 0. The van der Waals surface area contributed by atoms with Crippen molar-refractivity contribution >= 4 is 12.6 Å². The second-order valence-corrected chi connectivity index (χ2v) is 13.1. The van der Waals surface area contributed by atoms with Crippen molar-refractivity contribution < 1.29 is 24.2 Å². The van der Waals surface area contributed by atoms with Gasteiger partial charge in [0.1, 0.15) is 12.6 Å². The molecule has 0 spiro atoms. The Morgan fingerprint density at radius 3 is 1.25 bits per heavy atom. The van der Waals surface area contributed by atoms with Gasteiger partial charge in [-0.1, -0.05) is 185 Å². The van der Waals surface area contributed by atoms with E-state index in [1.54, 1.807) is 21.3 Å². The molecule has 0 aliphatic heterocycles. The lowest BCUT2D eigenvalue weighted by Crippen LogP contribution is -2.29. The Morgan fingerprint density at radius 1 is 0.529 bits per heavy atom. The number of aliphatic hydroxyl groups is 1. The van der Waals surface area contributed by atoms with Crippen LogP contribution in [0.3, 0.4) is 0 Å². The van der Waals surface area contributed by atoms with E-state index in [1.807, 2.05) is 20.8 Å². The van der Waals surface area contributed by atoms with Crippen LogP contribution in [0.1, 0.15) is 223 Å². The molecular formula is C45H101NO5. The number of carbonyl (C=O) groups excluding carboxylic acids is 2. The summed E-state index contributed by atoms with van der Waals surface area (Å²) in [7, 11) is 5.01. The van der Waals surface area contributed by atoms with E-state index in [9.17, 15) is 9.59 Å². The van der Waals surface area contributed by atoms with Crippen LogP contribution in [0.15, 0.2) is 0 Å². The first-order valence-corrected chi connectivity index (χ1v) is 21.9. The number of hydrogen-bond donors (Lipinski definition) is 1. The maximum Gasteiger partial charge on any atom is 0.122 e. The predicted molar refractivity (Wildman–Crippen MR) is 232 cm³/mol. The third-order valence-electron chi connectivity index (χ3n) is 7.74. The van der Waals surface area contributed by atoms with Crippen LogP contribution in [-0.2, 0) is 19.1 Å². The molecule has 0 fully saturated rings. The van der Waals surface area contributed by atoms with Crippen molar-refractivity contribution in [2.24, 2.45) is 5.92 Å². The molecule has 0 aromatic heterocycles. The van der Waals surface area contributed by atoms with E-state index < -0.39 is 0 Å². The Morgan fingerprint density at radius 2 is 0.902 bits per heavy atom. The highest BCUT2D eigenvalue weighted by molar-refractivity contribution is 5.52. The lowest BCUT2D eigenvalue weighted by molar-refractivity contribution is -0.111. The van der Waals surface area contributed by atoms with Crippen LogP contribution in [-0.4, -0.2) is 76.8 Å². The summed E-state index contributed by atoms with van der Waals surface area (Å²) in [4.78, 5) is 22.5. The second kappa shape index (κ2) is 78.3. The van der Waals surface area contributed by atoms with Gasteiger partial charge in [0.15, 0.2) is 0 Å². The number of hydrogen-bond acceptors (Lipinski definition) is 6. The lowest BCUT2D eigenvalue weighted by atomic mass is 10.0. The molecule has 0 rings (SSSR count). The number of methoxy groups -OCH3 is 2. The van der Waals surface area contributed by atoms with Crippen LogP contribution in [0.4, 0.5) is 0 Å². The maximum absolute atomic E-state index is 10.2. The van der Waals surface area contributed by atoms with Crippen LogP contribution in [0.2, 0.25) is 0 Å². The summed E-state index contributed by atoms with van der Waals surface area (Å²) in [5, 5.41) is 9.05. The lowest BCUT2D eigenvalue weighted by Gasteiger charge is -2.21. The number of unbranched alkanes of at least 4 members (excludes halogenated alkanes) is 17. The zero-order valence-corrected chi connectivity index (χ0v) is 37.8. The molecule has 0 aliphatic carbocycles. The number of aldehydes is 2. The Balaban J connectivity index is -0.000000101. The van der Waals surface area contributed by atoms with Gasteiger partial charge in [-0.3, -0.25) is 0 Å². The highest BCUT2D eigenvalue weighted by Gasteiger charge is 2.03. The summed E-state index contributed by atoms with van der Waals surface area (Å²) in [5.74, 6) is 0.275. The topological polar surface area (TPSA) is 76.1 Å². The number of nitrogens with zero attached hydrogens (tertiary/aromatic N) is 1. The Hall–Kier alpha value is -0.820. The average Bonchev–Trinajstić information content (AvgIpc) is 3.16. The molecule has 316 valence electrons. The monoisotopic (exact) mass is 736 g/mol. The summed E-state index contributed by atoms with van der Waals surface area (Å²) in [5.41, 5.74) is 0.